The lowest BCUT2D eigenvalue weighted by Gasteiger charge is -2.63. The Morgan fingerprint density at radius 3 is 1.08 bits per heavy atom. The minimum absolute atomic E-state index is 0.469. The number of hydrogen-bond acceptors (Lipinski definition) is 16. The largest absolute Gasteiger partial charge is 0.463 e. The molecule has 0 radical (unpaired) electrons. The van der Waals surface area contributed by atoms with Crippen LogP contribution in [0.25, 0.3) is 0 Å². The number of alkyl halides is 32. The molecule has 4 aliphatic rings. The molecule has 1 N–H and O–H groups in total. The zero-order chi connectivity index (χ0) is 68.1. The summed E-state index contributed by atoms with van der Waals surface area (Å²) in [7, 11) is 0. The minimum Gasteiger partial charge on any atom is -0.463 e. The molecular formula is C40H29F32N9O8. The Morgan fingerprint density at radius 2 is 0.719 bits per heavy atom. The number of aromatic amines is 1. The van der Waals surface area contributed by atoms with Gasteiger partial charge >= 0.3 is 126 Å². The highest BCUT2D eigenvalue weighted by molar-refractivity contribution is 5.24. The topological polar surface area (TPSA) is 201 Å². The molecule has 0 saturated heterocycles. The van der Waals surface area contributed by atoms with Crippen molar-refractivity contribution in [1.82, 2.24) is 44.9 Å². The smallest absolute Gasteiger partial charge is 0.460 e. The molecule has 4 bridgehead atoms. The molecule has 4 aliphatic carbocycles. The average molecular weight is 1370 g/mol. The van der Waals surface area contributed by atoms with Gasteiger partial charge in [-0.2, -0.15) is 142 Å². The lowest BCUT2D eigenvalue weighted by atomic mass is 9.50. The standard InChI is InChI=1S/C40H29F32N9O8/c1-14-73-17(84-11-28(43,44)32(52,53)35(58,59)38(64,65)66)78-21(74-14)87-24-4-15-5-25(7-24,88-22-76-16(82)75-18(79-22)83-3-2-27(41,42)10-31(49,50)51)9-26(6-15,8-24)89-23-80-19(85-12-29(45,46)33(54,55)36(60,61)39(67,68)69)77-20(81-23)86-13-30(47,48)34(56,57)37(62,63)40(70,71)72/h15H,2-13H2,1H3,(H,75,76,79,82). The predicted molar refractivity (Wildman–Crippen MR) is 213 cm³/mol. The summed E-state index contributed by atoms with van der Waals surface area (Å²) < 4.78 is 471. The fraction of sp³-hybridized carbons (Fsp3) is 0.775. The van der Waals surface area contributed by atoms with Gasteiger partial charge in [-0.15, -0.1) is 29.9 Å². The van der Waals surface area contributed by atoms with Crippen LogP contribution in [0.5, 0.6) is 42.1 Å². The van der Waals surface area contributed by atoms with Gasteiger partial charge in [-0.1, -0.05) is 0 Å². The summed E-state index contributed by atoms with van der Waals surface area (Å²) in [5.74, 6) is -71.7. The highest BCUT2D eigenvalue weighted by Crippen LogP contribution is 2.63. The van der Waals surface area contributed by atoms with Crippen LogP contribution in [0.15, 0.2) is 4.79 Å². The van der Waals surface area contributed by atoms with Crippen LogP contribution in [0, 0.1) is 12.8 Å². The van der Waals surface area contributed by atoms with Crippen LogP contribution in [-0.4, -0.2) is 172 Å². The number of ether oxygens (including phenoxy) is 7. The van der Waals surface area contributed by atoms with Gasteiger partial charge in [-0.25, -0.2) is 13.6 Å². The molecule has 89 heavy (non-hydrogen) atoms. The molecule has 4 atom stereocenters. The molecule has 3 aromatic rings. The third-order valence-electron chi connectivity index (χ3n) is 12.7. The van der Waals surface area contributed by atoms with Crippen LogP contribution in [0.1, 0.15) is 57.2 Å². The highest BCUT2D eigenvalue weighted by atomic mass is 19.5. The van der Waals surface area contributed by atoms with E-state index in [4.69, 9.17) is 18.9 Å². The first-order valence-corrected chi connectivity index (χ1v) is 23.3. The van der Waals surface area contributed by atoms with E-state index in [1.807, 2.05) is 4.98 Å². The summed E-state index contributed by atoms with van der Waals surface area (Å²) in [6.45, 7) is -10.7. The first kappa shape index (κ1) is 71.3. The molecule has 3 aromatic heterocycles. The Labute approximate surface area is 468 Å². The maximum absolute atomic E-state index is 14.7. The van der Waals surface area contributed by atoms with Gasteiger partial charge in [0, 0.05) is 25.7 Å². The Morgan fingerprint density at radius 1 is 0.404 bits per heavy atom. The van der Waals surface area contributed by atoms with Crippen molar-refractivity contribution in [1.29, 1.82) is 0 Å². The maximum Gasteiger partial charge on any atom is 0.460 e. The second-order valence-corrected chi connectivity index (χ2v) is 19.9. The number of aryl methyl sites for hydroxylation is 1. The molecular weight excluding hydrogens is 1340 g/mol. The molecule has 0 amide bonds. The first-order chi connectivity index (χ1) is 39.7. The molecule has 4 unspecified atom stereocenters. The van der Waals surface area contributed by atoms with Crippen molar-refractivity contribution in [2.24, 2.45) is 5.92 Å². The van der Waals surface area contributed by atoms with Crippen molar-refractivity contribution in [2.75, 3.05) is 26.4 Å². The van der Waals surface area contributed by atoms with Gasteiger partial charge in [0.05, 0.1) is 6.61 Å². The first-order valence-electron chi connectivity index (χ1n) is 23.3. The van der Waals surface area contributed by atoms with Gasteiger partial charge in [0.2, 0.25) is 0 Å². The number of nitrogens with zero attached hydrogens (tertiary/aromatic N) is 8. The van der Waals surface area contributed by atoms with Crippen molar-refractivity contribution in [3.63, 3.8) is 0 Å². The Balaban J connectivity index is 1.43. The summed E-state index contributed by atoms with van der Waals surface area (Å²) in [6.07, 6.45) is -36.5. The van der Waals surface area contributed by atoms with Crippen LogP contribution in [0.3, 0.4) is 0 Å². The van der Waals surface area contributed by atoms with E-state index in [-0.39, 0.29) is 0 Å². The molecule has 17 nitrogen and oxygen atoms in total. The van der Waals surface area contributed by atoms with Crippen molar-refractivity contribution in [3.8, 4) is 42.1 Å². The van der Waals surface area contributed by atoms with E-state index in [1.165, 1.54) is 0 Å². The molecule has 0 aromatic carbocycles. The van der Waals surface area contributed by atoms with Gasteiger partial charge in [0.1, 0.15) is 29.0 Å². The molecule has 7 rings (SSSR count). The molecule has 3 heterocycles. The molecule has 0 aliphatic heterocycles. The maximum atomic E-state index is 14.7. The van der Waals surface area contributed by atoms with Gasteiger partial charge < -0.3 is 33.2 Å². The van der Waals surface area contributed by atoms with E-state index in [0.29, 0.717) is 0 Å². The third-order valence-corrected chi connectivity index (χ3v) is 12.7. The summed E-state index contributed by atoms with van der Waals surface area (Å²) in [5, 5.41) is 0. The van der Waals surface area contributed by atoms with Crippen molar-refractivity contribution in [3.05, 3.63) is 16.3 Å². The number of H-pyrrole nitrogens is 1. The molecule has 4 saturated carbocycles. The monoisotopic (exact) mass is 1370 g/mol. The fourth-order valence-corrected chi connectivity index (χ4v) is 9.24. The van der Waals surface area contributed by atoms with E-state index in [2.05, 4.69) is 54.1 Å². The van der Waals surface area contributed by atoms with Crippen LogP contribution in [-0.2, 0) is 0 Å². The fourth-order valence-electron chi connectivity index (χ4n) is 9.24. The van der Waals surface area contributed by atoms with Crippen LogP contribution in [0.4, 0.5) is 140 Å². The minimum atomic E-state index is -7.66. The zero-order valence-corrected chi connectivity index (χ0v) is 42.5. The zero-order valence-electron chi connectivity index (χ0n) is 42.5. The quantitative estimate of drug-likeness (QED) is 0.0743. The lowest BCUT2D eigenvalue weighted by Crippen LogP contribution is -2.71. The van der Waals surface area contributed by atoms with Crippen molar-refractivity contribution in [2.45, 2.75) is 159 Å². The molecule has 0 spiro atoms. The molecule has 49 heteroatoms. The predicted octanol–water partition coefficient (Wildman–Crippen LogP) is 11.5. The average Bonchev–Trinajstić information content (AvgIpc) is 0.713. The second kappa shape index (κ2) is 22.2. The summed E-state index contributed by atoms with van der Waals surface area (Å²) in [4.78, 5) is 40.3. The van der Waals surface area contributed by atoms with Crippen LogP contribution < -0.4 is 38.8 Å². The Kier molecular flexibility index (Phi) is 17.8. The summed E-state index contributed by atoms with van der Waals surface area (Å²) in [5.41, 5.74) is -8.67. The van der Waals surface area contributed by atoms with Crippen LogP contribution in [0.2, 0.25) is 0 Å². The van der Waals surface area contributed by atoms with Crippen LogP contribution >= 0.6 is 0 Å². The normalized spacial score (nSPS) is 22.1. The summed E-state index contributed by atoms with van der Waals surface area (Å²) in [6, 6.07) is -11.8. The van der Waals surface area contributed by atoms with Crippen molar-refractivity contribution < 1.29 is 174 Å². The SMILES string of the molecule is Cc1nc(OCC(F)(F)C(F)(F)C(F)(F)C(F)(F)F)nc(OC23CC4CC(Oc5nc(OCC(F)(F)C(F)(F)C(F)(F)C(F)(F)F)nc(OCC(F)(F)C(F)(F)C(F)(F)C(F)(F)F)n5)(C2)CC(Oc2nc(OCCC(F)(F)CC(F)(F)F)nc(=O)[nH]2)(C4)C3)n1. The number of nitrogens with one attached hydrogen (secondary N) is 1. The Hall–Kier alpha value is -6.81. The Bertz CT molecular complexity index is 3040. The van der Waals surface area contributed by atoms with Gasteiger partial charge in [0.25, 0.3) is 5.92 Å². The van der Waals surface area contributed by atoms with E-state index < -0.39 is 238 Å². The number of halogens is 32. The second-order valence-electron chi connectivity index (χ2n) is 19.9. The molecule has 506 valence electrons. The molecule has 4 fully saturated rings. The number of aromatic nitrogens is 9. The van der Waals surface area contributed by atoms with E-state index in [1.54, 1.807) is 0 Å². The van der Waals surface area contributed by atoms with Gasteiger partial charge in [-0.05, 0) is 32.1 Å². The highest BCUT2D eigenvalue weighted by Gasteiger charge is 2.84. The van der Waals surface area contributed by atoms with Crippen molar-refractivity contribution >= 4 is 0 Å². The van der Waals surface area contributed by atoms with Gasteiger partial charge in [-0.3, -0.25) is 4.98 Å². The van der Waals surface area contributed by atoms with E-state index >= 15 is 0 Å². The third kappa shape index (κ3) is 14.2. The van der Waals surface area contributed by atoms with E-state index in [9.17, 15) is 145 Å². The van der Waals surface area contributed by atoms with Gasteiger partial charge in [0.15, 0.2) is 19.8 Å². The summed E-state index contributed by atoms with van der Waals surface area (Å²) >= 11 is 0. The number of rotatable bonds is 26. The lowest BCUT2D eigenvalue weighted by molar-refractivity contribution is -0.398. The van der Waals surface area contributed by atoms with E-state index in [0.717, 1.165) is 6.92 Å². The number of hydrogen-bond donors (Lipinski definition) is 1.